The standard InChI is InChI=1S/C24H27N3O/c1-17-6-5-9-22(18(17)2)26-12-14-27(15-13-26)23(28)24(10-11-24)20-16-25-21-8-4-3-7-19(20)21/h3-9,16,25H,10-15H2,1-2H3. The SMILES string of the molecule is Cc1cccc(N2CCN(C(=O)C3(c4c[nH]c5ccccc45)CC3)CC2)c1C. The summed E-state index contributed by atoms with van der Waals surface area (Å²) in [5.41, 5.74) is 5.99. The quantitative estimate of drug-likeness (QED) is 0.749. The predicted octanol–water partition coefficient (Wildman–Crippen LogP) is 4.17. The first-order valence-corrected chi connectivity index (χ1v) is 10.3. The lowest BCUT2D eigenvalue weighted by molar-refractivity contribution is -0.134. The number of aryl methyl sites for hydroxylation is 1. The molecule has 0 spiro atoms. The normalized spacial score (nSPS) is 18.5. The van der Waals surface area contributed by atoms with E-state index in [0.717, 1.165) is 44.5 Å². The van der Waals surface area contributed by atoms with Crippen LogP contribution in [0, 0.1) is 13.8 Å². The topological polar surface area (TPSA) is 39.3 Å². The Morgan fingerprint density at radius 2 is 1.71 bits per heavy atom. The Hall–Kier alpha value is -2.75. The van der Waals surface area contributed by atoms with Crippen molar-refractivity contribution in [1.29, 1.82) is 0 Å². The van der Waals surface area contributed by atoms with Crippen molar-refractivity contribution in [3.05, 3.63) is 65.4 Å². The first kappa shape index (κ1) is 17.4. The molecule has 1 N–H and O–H groups in total. The van der Waals surface area contributed by atoms with Gasteiger partial charge in [0.25, 0.3) is 0 Å². The van der Waals surface area contributed by atoms with E-state index in [1.807, 2.05) is 6.07 Å². The summed E-state index contributed by atoms with van der Waals surface area (Å²) in [4.78, 5) is 21.4. The van der Waals surface area contributed by atoms with Crippen molar-refractivity contribution >= 4 is 22.5 Å². The number of anilines is 1. The number of nitrogens with zero attached hydrogens (tertiary/aromatic N) is 2. The van der Waals surface area contributed by atoms with Gasteiger partial charge in [0.15, 0.2) is 0 Å². The summed E-state index contributed by atoms with van der Waals surface area (Å²) < 4.78 is 0. The highest BCUT2D eigenvalue weighted by atomic mass is 16.2. The second kappa shape index (κ2) is 6.40. The molecule has 3 aromatic rings. The molecule has 5 rings (SSSR count). The van der Waals surface area contributed by atoms with Crippen LogP contribution in [0.15, 0.2) is 48.7 Å². The number of carbonyl (C=O) groups is 1. The lowest BCUT2D eigenvalue weighted by atomic mass is 9.93. The zero-order valence-electron chi connectivity index (χ0n) is 16.7. The molecule has 4 heteroatoms. The lowest BCUT2D eigenvalue weighted by Crippen LogP contribution is -2.51. The fourth-order valence-corrected chi connectivity index (χ4v) is 4.72. The summed E-state index contributed by atoms with van der Waals surface area (Å²) >= 11 is 0. The molecule has 2 aliphatic rings. The molecule has 2 fully saturated rings. The number of benzene rings is 2. The van der Waals surface area contributed by atoms with Gasteiger partial charge in [-0.15, -0.1) is 0 Å². The molecule has 2 heterocycles. The van der Waals surface area contributed by atoms with E-state index >= 15 is 0 Å². The lowest BCUT2D eigenvalue weighted by Gasteiger charge is -2.38. The molecule has 0 bridgehead atoms. The van der Waals surface area contributed by atoms with Gasteiger partial charge in [0.2, 0.25) is 5.91 Å². The Bertz CT molecular complexity index is 1040. The van der Waals surface area contributed by atoms with Gasteiger partial charge in [-0.05, 0) is 55.5 Å². The van der Waals surface area contributed by atoms with Crippen molar-refractivity contribution in [2.75, 3.05) is 31.1 Å². The minimum absolute atomic E-state index is 0.305. The zero-order chi connectivity index (χ0) is 19.3. The molecule has 0 radical (unpaired) electrons. The summed E-state index contributed by atoms with van der Waals surface area (Å²) in [6.07, 6.45) is 3.98. The van der Waals surface area contributed by atoms with Gasteiger partial charge in [-0.25, -0.2) is 0 Å². The molecule has 0 unspecified atom stereocenters. The summed E-state index contributed by atoms with van der Waals surface area (Å²) in [6, 6.07) is 14.8. The van der Waals surface area contributed by atoms with Crippen molar-refractivity contribution in [2.24, 2.45) is 0 Å². The fourth-order valence-electron chi connectivity index (χ4n) is 4.72. The Morgan fingerprint density at radius 1 is 0.964 bits per heavy atom. The average molecular weight is 374 g/mol. The van der Waals surface area contributed by atoms with Crippen molar-refractivity contribution in [3.8, 4) is 0 Å². The molecule has 1 saturated carbocycles. The minimum atomic E-state index is -0.305. The van der Waals surface area contributed by atoms with Crippen LogP contribution in [0.3, 0.4) is 0 Å². The van der Waals surface area contributed by atoms with Crippen molar-refractivity contribution < 1.29 is 4.79 Å². The zero-order valence-corrected chi connectivity index (χ0v) is 16.7. The number of fused-ring (bicyclic) bond motifs is 1. The number of carbonyl (C=O) groups excluding carboxylic acids is 1. The highest BCUT2D eigenvalue weighted by molar-refractivity contribution is 5.97. The van der Waals surface area contributed by atoms with Crippen molar-refractivity contribution in [2.45, 2.75) is 32.1 Å². The monoisotopic (exact) mass is 373 g/mol. The van der Waals surface area contributed by atoms with E-state index < -0.39 is 0 Å². The average Bonchev–Trinajstić information content (AvgIpc) is 3.42. The summed E-state index contributed by atoms with van der Waals surface area (Å²) in [7, 11) is 0. The van der Waals surface area contributed by atoms with Gasteiger partial charge < -0.3 is 14.8 Å². The third-order valence-corrected chi connectivity index (χ3v) is 6.75. The number of H-pyrrole nitrogens is 1. The molecule has 144 valence electrons. The first-order valence-electron chi connectivity index (χ1n) is 10.3. The molecule has 1 aliphatic carbocycles. The number of rotatable bonds is 3. The van der Waals surface area contributed by atoms with Crippen LogP contribution in [0.5, 0.6) is 0 Å². The van der Waals surface area contributed by atoms with Crippen LogP contribution in [0.2, 0.25) is 0 Å². The Balaban J connectivity index is 1.34. The molecule has 4 nitrogen and oxygen atoms in total. The van der Waals surface area contributed by atoms with E-state index in [-0.39, 0.29) is 5.41 Å². The smallest absolute Gasteiger partial charge is 0.233 e. The fraction of sp³-hybridized carbons (Fsp3) is 0.375. The van der Waals surface area contributed by atoms with E-state index in [2.05, 4.69) is 71.2 Å². The number of para-hydroxylation sites is 1. The Kier molecular flexibility index (Phi) is 3.97. The third kappa shape index (κ3) is 2.62. The number of hydrogen-bond acceptors (Lipinski definition) is 2. The maximum atomic E-state index is 13.5. The van der Waals surface area contributed by atoms with Gasteiger partial charge in [0, 0.05) is 49.0 Å². The van der Waals surface area contributed by atoms with Gasteiger partial charge in [-0.3, -0.25) is 4.79 Å². The summed E-state index contributed by atoms with van der Waals surface area (Å²) in [6.45, 7) is 7.77. The van der Waals surface area contributed by atoms with Gasteiger partial charge in [0.05, 0.1) is 5.41 Å². The third-order valence-electron chi connectivity index (χ3n) is 6.75. The van der Waals surface area contributed by atoms with Crippen molar-refractivity contribution in [3.63, 3.8) is 0 Å². The molecule has 1 saturated heterocycles. The van der Waals surface area contributed by atoms with Crippen molar-refractivity contribution in [1.82, 2.24) is 9.88 Å². The number of aromatic nitrogens is 1. The Morgan fingerprint density at radius 3 is 2.46 bits per heavy atom. The Labute approximate surface area is 166 Å². The number of aromatic amines is 1. The van der Waals surface area contributed by atoms with Crippen LogP contribution in [-0.2, 0) is 10.2 Å². The first-order chi connectivity index (χ1) is 13.6. The maximum Gasteiger partial charge on any atom is 0.233 e. The number of hydrogen-bond donors (Lipinski definition) is 1. The van der Waals surface area contributed by atoms with Crippen LogP contribution >= 0.6 is 0 Å². The van der Waals surface area contributed by atoms with Crippen LogP contribution in [0.1, 0.15) is 29.5 Å². The molecular weight excluding hydrogens is 346 g/mol. The predicted molar refractivity (Wildman–Crippen MR) is 114 cm³/mol. The summed E-state index contributed by atoms with van der Waals surface area (Å²) in [5, 5.41) is 1.20. The highest BCUT2D eigenvalue weighted by Crippen LogP contribution is 2.51. The number of amides is 1. The van der Waals surface area contributed by atoms with Crippen LogP contribution in [-0.4, -0.2) is 42.0 Å². The molecule has 28 heavy (non-hydrogen) atoms. The molecular formula is C24H27N3O. The molecule has 1 aliphatic heterocycles. The van der Waals surface area contributed by atoms with E-state index in [4.69, 9.17) is 0 Å². The van der Waals surface area contributed by atoms with Crippen LogP contribution in [0.4, 0.5) is 5.69 Å². The molecule has 0 atom stereocenters. The number of nitrogens with one attached hydrogen (secondary N) is 1. The van der Waals surface area contributed by atoms with Gasteiger partial charge in [-0.1, -0.05) is 30.3 Å². The van der Waals surface area contributed by atoms with Crippen LogP contribution < -0.4 is 4.90 Å². The van der Waals surface area contributed by atoms with E-state index in [1.54, 1.807) is 0 Å². The summed E-state index contributed by atoms with van der Waals surface area (Å²) in [5.74, 6) is 0.317. The van der Waals surface area contributed by atoms with Gasteiger partial charge >= 0.3 is 0 Å². The van der Waals surface area contributed by atoms with E-state index in [0.29, 0.717) is 5.91 Å². The molecule has 1 aromatic heterocycles. The maximum absolute atomic E-state index is 13.5. The highest BCUT2D eigenvalue weighted by Gasteiger charge is 2.54. The van der Waals surface area contributed by atoms with E-state index in [9.17, 15) is 4.79 Å². The molecule has 2 aromatic carbocycles. The largest absolute Gasteiger partial charge is 0.368 e. The van der Waals surface area contributed by atoms with Crippen LogP contribution in [0.25, 0.3) is 10.9 Å². The minimum Gasteiger partial charge on any atom is -0.368 e. The second-order valence-corrected chi connectivity index (χ2v) is 8.33. The molecule has 1 amide bonds. The van der Waals surface area contributed by atoms with Gasteiger partial charge in [0.1, 0.15) is 0 Å². The number of piperazine rings is 1. The second-order valence-electron chi connectivity index (χ2n) is 8.33. The van der Waals surface area contributed by atoms with Gasteiger partial charge in [-0.2, -0.15) is 0 Å². The van der Waals surface area contributed by atoms with E-state index in [1.165, 1.54) is 27.8 Å².